The van der Waals surface area contributed by atoms with Crippen molar-refractivity contribution >= 4 is 5.97 Å². The van der Waals surface area contributed by atoms with Gasteiger partial charge in [0.25, 0.3) is 0 Å². The first-order valence-corrected chi connectivity index (χ1v) is 5.91. The highest BCUT2D eigenvalue weighted by atomic mass is 16.5. The van der Waals surface area contributed by atoms with Crippen molar-refractivity contribution in [2.24, 2.45) is 5.92 Å². The fourth-order valence-corrected chi connectivity index (χ4v) is 2.37. The lowest BCUT2D eigenvalue weighted by atomic mass is 9.83. The highest BCUT2D eigenvalue weighted by Crippen LogP contribution is 2.31. The Hall–Kier alpha value is -0.610. The second kappa shape index (κ2) is 5.64. The number of nitrogens with zero attached hydrogens (tertiary/aromatic N) is 1. The molecule has 0 aromatic rings. The maximum Gasteiger partial charge on any atom is 0.303 e. The van der Waals surface area contributed by atoms with Gasteiger partial charge in [0.1, 0.15) is 0 Å². The molecule has 4 nitrogen and oxygen atoms in total. The molecule has 1 atom stereocenters. The van der Waals surface area contributed by atoms with E-state index in [1.807, 2.05) is 0 Å². The maximum absolute atomic E-state index is 10.7. The van der Waals surface area contributed by atoms with E-state index in [2.05, 4.69) is 18.7 Å². The van der Waals surface area contributed by atoms with Crippen LogP contribution in [0.15, 0.2) is 0 Å². The second-order valence-corrected chi connectivity index (χ2v) is 5.25. The van der Waals surface area contributed by atoms with E-state index in [4.69, 9.17) is 9.84 Å². The molecule has 0 amide bonds. The molecule has 1 aliphatic rings. The smallest absolute Gasteiger partial charge is 0.303 e. The minimum atomic E-state index is -0.684. The summed E-state index contributed by atoms with van der Waals surface area (Å²) in [6, 6.07) is 0. The molecule has 1 fully saturated rings. The van der Waals surface area contributed by atoms with E-state index < -0.39 is 5.97 Å². The quantitative estimate of drug-likeness (QED) is 0.778. The molecule has 1 aliphatic heterocycles. The molecule has 1 rings (SSSR count). The van der Waals surface area contributed by atoms with E-state index in [1.54, 1.807) is 7.11 Å². The minimum Gasteiger partial charge on any atom is -0.481 e. The lowest BCUT2D eigenvalue weighted by Crippen LogP contribution is -2.51. The van der Waals surface area contributed by atoms with Gasteiger partial charge in [0.2, 0.25) is 0 Å². The zero-order chi connectivity index (χ0) is 12.2. The van der Waals surface area contributed by atoms with Gasteiger partial charge in [0, 0.05) is 32.2 Å². The first-order valence-electron chi connectivity index (χ1n) is 5.91. The Morgan fingerprint density at radius 3 is 2.81 bits per heavy atom. The minimum absolute atomic E-state index is 0.174. The molecule has 0 aliphatic carbocycles. The van der Waals surface area contributed by atoms with Crippen molar-refractivity contribution < 1.29 is 14.6 Å². The molecule has 4 heteroatoms. The van der Waals surface area contributed by atoms with Crippen LogP contribution in [0.2, 0.25) is 0 Å². The van der Waals surface area contributed by atoms with Crippen molar-refractivity contribution in [3.63, 3.8) is 0 Å². The number of aliphatic carboxylic acids is 1. The molecule has 1 N–H and O–H groups in total. The molecule has 0 spiro atoms. The van der Waals surface area contributed by atoms with Gasteiger partial charge in [-0.2, -0.15) is 0 Å². The Labute approximate surface area is 97.6 Å². The monoisotopic (exact) mass is 229 g/mol. The van der Waals surface area contributed by atoms with E-state index in [9.17, 15) is 4.79 Å². The summed E-state index contributed by atoms with van der Waals surface area (Å²) in [5, 5.41) is 8.81. The summed E-state index contributed by atoms with van der Waals surface area (Å²) < 4.78 is 5.10. The van der Waals surface area contributed by atoms with Crippen molar-refractivity contribution in [2.75, 3.05) is 26.8 Å². The highest BCUT2D eigenvalue weighted by molar-refractivity contribution is 5.67. The molecule has 0 radical (unpaired) electrons. The molecular formula is C12H23NO3. The predicted molar refractivity (Wildman–Crippen MR) is 62.5 cm³/mol. The molecule has 1 unspecified atom stereocenters. The Bertz CT molecular complexity index is 240. The lowest BCUT2D eigenvalue weighted by Gasteiger charge is -2.45. The number of rotatable bonds is 5. The topological polar surface area (TPSA) is 49.8 Å². The number of hydrogen-bond donors (Lipinski definition) is 1. The van der Waals surface area contributed by atoms with Crippen molar-refractivity contribution in [1.29, 1.82) is 0 Å². The van der Waals surface area contributed by atoms with E-state index in [1.165, 1.54) is 0 Å². The molecule has 94 valence electrons. The zero-order valence-electron chi connectivity index (χ0n) is 10.5. The van der Waals surface area contributed by atoms with E-state index in [-0.39, 0.29) is 5.54 Å². The van der Waals surface area contributed by atoms with Crippen LogP contribution in [0.5, 0.6) is 0 Å². The Kier molecular flexibility index (Phi) is 4.74. The number of hydrogen-bond acceptors (Lipinski definition) is 3. The van der Waals surface area contributed by atoms with Crippen LogP contribution in [-0.4, -0.2) is 48.3 Å². The molecule has 0 bridgehead atoms. The van der Waals surface area contributed by atoms with Gasteiger partial charge in [-0.25, -0.2) is 0 Å². The van der Waals surface area contributed by atoms with Gasteiger partial charge in [-0.15, -0.1) is 0 Å². The summed E-state index contributed by atoms with van der Waals surface area (Å²) in [5.41, 5.74) is 0.174. The van der Waals surface area contributed by atoms with Gasteiger partial charge in [-0.1, -0.05) is 0 Å². The fraction of sp³-hybridized carbons (Fsp3) is 0.917. The highest BCUT2D eigenvalue weighted by Gasteiger charge is 2.34. The van der Waals surface area contributed by atoms with E-state index >= 15 is 0 Å². The summed E-state index contributed by atoms with van der Waals surface area (Å²) in [6.07, 6.45) is 2.37. The number of methoxy groups -OCH3 is 1. The van der Waals surface area contributed by atoms with Gasteiger partial charge >= 0.3 is 5.97 Å². The van der Waals surface area contributed by atoms with E-state index in [0.29, 0.717) is 18.9 Å². The standard InChI is InChI=1S/C12H23NO3/c1-12(2)5-4-10(8-11(14)15)9-13(12)6-7-16-3/h10H,4-9H2,1-3H3,(H,14,15). The van der Waals surface area contributed by atoms with Gasteiger partial charge in [-0.3, -0.25) is 9.69 Å². The van der Waals surface area contributed by atoms with E-state index in [0.717, 1.165) is 25.9 Å². The number of ether oxygens (including phenoxy) is 1. The third-order valence-electron chi connectivity index (χ3n) is 3.53. The largest absolute Gasteiger partial charge is 0.481 e. The summed E-state index contributed by atoms with van der Waals surface area (Å²) >= 11 is 0. The van der Waals surface area contributed by atoms with Crippen molar-refractivity contribution in [2.45, 2.75) is 38.6 Å². The molecule has 16 heavy (non-hydrogen) atoms. The second-order valence-electron chi connectivity index (χ2n) is 5.25. The van der Waals surface area contributed by atoms with Gasteiger partial charge in [0.15, 0.2) is 0 Å². The molecule has 0 saturated carbocycles. The van der Waals surface area contributed by atoms with Crippen LogP contribution in [0, 0.1) is 5.92 Å². The number of likely N-dealkylation sites (tertiary alicyclic amines) is 1. The van der Waals surface area contributed by atoms with Crippen molar-refractivity contribution in [3.05, 3.63) is 0 Å². The van der Waals surface area contributed by atoms with Crippen LogP contribution >= 0.6 is 0 Å². The van der Waals surface area contributed by atoms with Gasteiger partial charge in [0.05, 0.1) is 6.61 Å². The number of carboxylic acid groups (broad SMARTS) is 1. The predicted octanol–water partition coefficient (Wildman–Crippen LogP) is 1.60. The van der Waals surface area contributed by atoms with Crippen LogP contribution in [0.3, 0.4) is 0 Å². The Morgan fingerprint density at radius 1 is 1.56 bits per heavy atom. The first kappa shape index (κ1) is 13.5. The summed E-state index contributed by atoms with van der Waals surface area (Å²) in [4.78, 5) is 13.1. The van der Waals surface area contributed by atoms with Crippen LogP contribution in [0.4, 0.5) is 0 Å². The number of carbonyl (C=O) groups is 1. The number of piperidine rings is 1. The van der Waals surface area contributed by atoms with Crippen molar-refractivity contribution in [1.82, 2.24) is 4.90 Å². The average molecular weight is 229 g/mol. The normalized spacial score (nSPS) is 25.6. The number of carboxylic acids is 1. The summed E-state index contributed by atoms with van der Waals surface area (Å²) in [6.45, 7) is 6.92. The van der Waals surface area contributed by atoms with Gasteiger partial charge in [-0.05, 0) is 32.6 Å². The molecule has 1 saturated heterocycles. The third-order valence-corrected chi connectivity index (χ3v) is 3.53. The third kappa shape index (κ3) is 3.76. The van der Waals surface area contributed by atoms with Gasteiger partial charge < -0.3 is 9.84 Å². The lowest BCUT2D eigenvalue weighted by molar-refractivity contribution is -0.139. The molecule has 0 aromatic heterocycles. The maximum atomic E-state index is 10.7. The Balaban J connectivity index is 2.51. The van der Waals surface area contributed by atoms with Crippen LogP contribution < -0.4 is 0 Å². The molecular weight excluding hydrogens is 206 g/mol. The van der Waals surface area contributed by atoms with Crippen LogP contribution in [-0.2, 0) is 9.53 Å². The van der Waals surface area contributed by atoms with Crippen LogP contribution in [0.25, 0.3) is 0 Å². The molecule has 0 aromatic carbocycles. The van der Waals surface area contributed by atoms with Crippen molar-refractivity contribution in [3.8, 4) is 0 Å². The zero-order valence-corrected chi connectivity index (χ0v) is 10.5. The average Bonchev–Trinajstić information content (AvgIpc) is 2.18. The Morgan fingerprint density at radius 2 is 2.25 bits per heavy atom. The SMILES string of the molecule is COCCN1CC(CC(=O)O)CCC1(C)C. The van der Waals surface area contributed by atoms with Crippen LogP contribution in [0.1, 0.15) is 33.1 Å². The summed E-state index contributed by atoms with van der Waals surface area (Å²) in [7, 11) is 1.70. The summed E-state index contributed by atoms with van der Waals surface area (Å²) in [5.74, 6) is -0.390. The fourth-order valence-electron chi connectivity index (χ4n) is 2.37. The molecule has 1 heterocycles. The first-order chi connectivity index (χ1) is 7.45.